The van der Waals surface area contributed by atoms with Crippen molar-refractivity contribution in [3.63, 3.8) is 0 Å². The minimum absolute atomic E-state index is 0.165. The molecule has 1 amide bonds. The second-order valence-electron chi connectivity index (χ2n) is 4.92. The molecule has 11 heteroatoms. The van der Waals surface area contributed by atoms with Gasteiger partial charge in [0.1, 0.15) is 11.3 Å². The molecule has 0 radical (unpaired) electrons. The zero-order valence-electron chi connectivity index (χ0n) is 12.7. The van der Waals surface area contributed by atoms with Gasteiger partial charge in [-0.2, -0.15) is 18.3 Å². The van der Waals surface area contributed by atoms with Gasteiger partial charge in [-0.05, 0) is 13.8 Å². The summed E-state index contributed by atoms with van der Waals surface area (Å²) in [6.07, 6.45) is -4.61. The maximum absolute atomic E-state index is 13.8. The minimum atomic E-state index is -5.66. The number of hydrogen-bond acceptors (Lipinski definition) is 2. The van der Waals surface area contributed by atoms with Crippen molar-refractivity contribution in [1.82, 2.24) is 9.78 Å². The molecule has 0 fully saturated rings. The summed E-state index contributed by atoms with van der Waals surface area (Å²) in [4.78, 5) is 12.0. The van der Waals surface area contributed by atoms with Gasteiger partial charge in [-0.25, -0.2) is 17.6 Å². The van der Waals surface area contributed by atoms with Crippen molar-refractivity contribution in [2.45, 2.75) is 26.6 Å². The molecule has 0 aliphatic heterocycles. The maximum atomic E-state index is 13.8. The first-order valence-corrected chi connectivity index (χ1v) is 6.77. The molecule has 0 aliphatic carbocycles. The molecule has 0 aliphatic rings. The van der Waals surface area contributed by atoms with Gasteiger partial charge in [0.25, 0.3) is 5.91 Å². The standard InChI is InChI=1S/C14H10F7N3O/c1-3-24-5(2)6(4-22-24)13(25)23-12-10(17)8(15)7(14(19,20)21)9(16)11(12)18/h4H,3H2,1-2H3,(H,23,25). The largest absolute Gasteiger partial charge is 0.422 e. The van der Waals surface area contributed by atoms with E-state index in [1.165, 1.54) is 11.6 Å². The quantitative estimate of drug-likeness (QED) is 0.656. The van der Waals surface area contributed by atoms with Gasteiger partial charge in [-0.3, -0.25) is 9.48 Å². The highest BCUT2D eigenvalue weighted by atomic mass is 19.4. The van der Waals surface area contributed by atoms with E-state index in [9.17, 15) is 35.5 Å². The normalized spacial score (nSPS) is 11.7. The lowest BCUT2D eigenvalue weighted by molar-refractivity contribution is -0.143. The Morgan fingerprint density at radius 1 is 1.12 bits per heavy atom. The number of amides is 1. The lowest BCUT2D eigenvalue weighted by Gasteiger charge is -2.14. The lowest BCUT2D eigenvalue weighted by atomic mass is 10.1. The summed E-state index contributed by atoms with van der Waals surface area (Å²) in [5, 5.41) is 5.34. The average Bonchev–Trinajstić information content (AvgIpc) is 2.89. The van der Waals surface area contributed by atoms with Crippen molar-refractivity contribution in [3.05, 3.63) is 46.3 Å². The van der Waals surface area contributed by atoms with E-state index in [1.807, 2.05) is 0 Å². The van der Waals surface area contributed by atoms with Gasteiger partial charge in [0.2, 0.25) is 0 Å². The summed E-state index contributed by atoms with van der Waals surface area (Å²) < 4.78 is 93.5. The Kier molecular flexibility index (Phi) is 4.78. The van der Waals surface area contributed by atoms with Crippen LogP contribution in [0.15, 0.2) is 6.20 Å². The van der Waals surface area contributed by atoms with Crippen molar-refractivity contribution in [2.75, 3.05) is 5.32 Å². The Bertz CT molecular complexity index is 813. The average molecular weight is 369 g/mol. The number of benzene rings is 1. The highest BCUT2D eigenvalue weighted by Crippen LogP contribution is 2.38. The molecule has 1 N–H and O–H groups in total. The Balaban J connectivity index is 2.50. The van der Waals surface area contributed by atoms with Crippen LogP contribution in [0.2, 0.25) is 0 Å². The number of aromatic nitrogens is 2. The fraction of sp³-hybridized carbons (Fsp3) is 0.286. The first-order valence-electron chi connectivity index (χ1n) is 6.77. The monoisotopic (exact) mass is 369 g/mol. The number of rotatable bonds is 3. The SMILES string of the molecule is CCn1ncc(C(=O)Nc2c(F)c(F)c(C(F)(F)F)c(F)c2F)c1C. The number of carbonyl (C=O) groups is 1. The molecule has 25 heavy (non-hydrogen) atoms. The molecule has 2 aromatic rings. The summed E-state index contributed by atoms with van der Waals surface area (Å²) in [5.74, 6) is -11.2. The topological polar surface area (TPSA) is 46.9 Å². The van der Waals surface area contributed by atoms with Crippen molar-refractivity contribution in [2.24, 2.45) is 0 Å². The molecule has 1 aromatic carbocycles. The molecule has 1 aromatic heterocycles. The van der Waals surface area contributed by atoms with Crippen LogP contribution in [-0.4, -0.2) is 15.7 Å². The van der Waals surface area contributed by atoms with Crippen LogP contribution >= 0.6 is 0 Å². The molecule has 4 nitrogen and oxygen atoms in total. The molecular formula is C14H10F7N3O. The van der Waals surface area contributed by atoms with Crippen LogP contribution in [-0.2, 0) is 12.7 Å². The molecule has 0 atom stereocenters. The predicted octanol–water partition coefficient (Wildman–Crippen LogP) is 4.04. The number of aryl methyl sites for hydroxylation is 1. The first-order chi connectivity index (χ1) is 11.5. The molecule has 0 saturated carbocycles. The van der Waals surface area contributed by atoms with Crippen LogP contribution in [0.4, 0.5) is 36.4 Å². The van der Waals surface area contributed by atoms with Crippen LogP contribution in [0.25, 0.3) is 0 Å². The van der Waals surface area contributed by atoms with Crippen LogP contribution < -0.4 is 5.32 Å². The van der Waals surface area contributed by atoms with Gasteiger partial charge in [0.15, 0.2) is 23.3 Å². The maximum Gasteiger partial charge on any atom is 0.422 e. The fourth-order valence-electron chi connectivity index (χ4n) is 2.16. The van der Waals surface area contributed by atoms with E-state index < -0.39 is 46.6 Å². The number of nitrogens with zero attached hydrogens (tertiary/aromatic N) is 2. The van der Waals surface area contributed by atoms with Crippen LogP contribution in [0.3, 0.4) is 0 Å². The van der Waals surface area contributed by atoms with Crippen molar-refractivity contribution in [1.29, 1.82) is 0 Å². The number of anilines is 1. The molecule has 136 valence electrons. The second-order valence-corrected chi connectivity index (χ2v) is 4.92. The summed E-state index contributed by atoms with van der Waals surface area (Å²) in [6.45, 7) is 3.51. The number of halogens is 7. The summed E-state index contributed by atoms with van der Waals surface area (Å²) in [7, 11) is 0. The number of alkyl halides is 3. The molecule has 0 saturated heterocycles. The first kappa shape index (κ1) is 18.7. The van der Waals surface area contributed by atoms with E-state index in [0.717, 1.165) is 6.20 Å². The van der Waals surface area contributed by atoms with Crippen molar-refractivity contribution >= 4 is 11.6 Å². The van der Waals surface area contributed by atoms with Gasteiger partial charge in [0.05, 0.1) is 11.8 Å². The van der Waals surface area contributed by atoms with E-state index in [0.29, 0.717) is 6.54 Å². The van der Waals surface area contributed by atoms with E-state index >= 15 is 0 Å². The van der Waals surface area contributed by atoms with Crippen LogP contribution in [0.1, 0.15) is 28.5 Å². The minimum Gasteiger partial charge on any atom is -0.317 e. The smallest absolute Gasteiger partial charge is 0.317 e. The predicted molar refractivity (Wildman–Crippen MR) is 71.9 cm³/mol. The molecule has 2 rings (SSSR count). The fourth-order valence-corrected chi connectivity index (χ4v) is 2.16. The summed E-state index contributed by atoms with van der Waals surface area (Å²) in [6, 6.07) is 0. The van der Waals surface area contributed by atoms with Crippen molar-refractivity contribution in [3.8, 4) is 0 Å². The Morgan fingerprint density at radius 3 is 2.04 bits per heavy atom. The van der Waals surface area contributed by atoms with Gasteiger partial charge in [-0.15, -0.1) is 0 Å². The second kappa shape index (κ2) is 6.37. The van der Waals surface area contributed by atoms with Crippen molar-refractivity contribution < 1.29 is 35.5 Å². The summed E-state index contributed by atoms with van der Waals surface area (Å²) >= 11 is 0. The number of nitrogens with one attached hydrogen (secondary N) is 1. The Labute approximate surface area is 136 Å². The Morgan fingerprint density at radius 2 is 1.64 bits per heavy atom. The number of carbonyl (C=O) groups excluding carboxylic acids is 1. The van der Waals surface area contributed by atoms with E-state index in [2.05, 4.69) is 5.10 Å². The molecule has 0 bridgehead atoms. The Hall–Kier alpha value is -2.59. The van der Waals surface area contributed by atoms with E-state index in [1.54, 1.807) is 12.2 Å². The third-order valence-corrected chi connectivity index (χ3v) is 3.43. The van der Waals surface area contributed by atoms with Gasteiger partial charge < -0.3 is 5.32 Å². The zero-order chi connectivity index (χ0) is 19.1. The van der Waals surface area contributed by atoms with E-state index in [-0.39, 0.29) is 11.3 Å². The lowest BCUT2D eigenvalue weighted by Crippen LogP contribution is -2.20. The highest BCUT2D eigenvalue weighted by Gasteiger charge is 2.42. The molecule has 0 spiro atoms. The van der Waals surface area contributed by atoms with Crippen LogP contribution in [0, 0.1) is 30.2 Å². The third kappa shape index (κ3) is 3.17. The zero-order valence-corrected chi connectivity index (χ0v) is 12.7. The number of hydrogen-bond donors (Lipinski definition) is 1. The van der Waals surface area contributed by atoms with Gasteiger partial charge in [0, 0.05) is 12.2 Å². The molecule has 0 unspecified atom stereocenters. The summed E-state index contributed by atoms with van der Waals surface area (Å²) in [5.41, 5.74) is -4.25. The van der Waals surface area contributed by atoms with Gasteiger partial charge >= 0.3 is 6.18 Å². The third-order valence-electron chi connectivity index (χ3n) is 3.43. The van der Waals surface area contributed by atoms with E-state index in [4.69, 9.17) is 0 Å². The molecule has 1 heterocycles. The van der Waals surface area contributed by atoms with Crippen LogP contribution in [0.5, 0.6) is 0 Å². The van der Waals surface area contributed by atoms with Gasteiger partial charge in [-0.1, -0.05) is 0 Å². The highest BCUT2D eigenvalue weighted by molar-refractivity contribution is 6.05. The molecular weight excluding hydrogens is 359 g/mol.